The molecule has 0 spiro atoms. The minimum absolute atomic E-state index is 0.0550. The predicted molar refractivity (Wildman–Crippen MR) is 97.3 cm³/mol. The predicted octanol–water partition coefficient (Wildman–Crippen LogP) is 0.660. The van der Waals surface area contributed by atoms with E-state index < -0.39 is 18.0 Å². The van der Waals surface area contributed by atoms with Crippen molar-refractivity contribution in [3.8, 4) is 0 Å². The first-order valence-corrected chi connectivity index (χ1v) is 10.3. The van der Waals surface area contributed by atoms with Crippen molar-refractivity contribution >= 4 is 40.6 Å². The van der Waals surface area contributed by atoms with E-state index in [0.29, 0.717) is 5.25 Å². The maximum absolute atomic E-state index is 12.3. The Morgan fingerprint density at radius 1 is 1.44 bits per heavy atom. The zero-order valence-electron chi connectivity index (χ0n) is 14.1. The van der Waals surface area contributed by atoms with Crippen LogP contribution in [0.2, 0.25) is 0 Å². The van der Waals surface area contributed by atoms with Gasteiger partial charge in [0.15, 0.2) is 5.17 Å². The van der Waals surface area contributed by atoms with Crippen LogP contribution in [0.5, 0.6) is 0 Å². The molecule has 7 nitrogen and oxygen atoms in total. The number of carbonyl (C=O) groups is 2. The fourth-order valence-corrected chi connectivity index (χ4v) is 6.44. The molecule has 136 valence electrons. The molecule has 2 saturated heterocycles. The molecule has 4 atom stereocenters. The number of rotatable bonds is 4. The molecule has 25 heavy (non-hydrogen) atoms. The number of aliphatic carboxylic acids is 1. The summed E-state index contributed by atoms with van der Waals surface area (Å²) in [5.41, 5.74) is 0.121. The molecule has 0 aromatic carbocycles. The van der Waals surface area contributed by atoms with Crippen molar-refractivity contribution in [2.45, 2.75) is 31.2 Å². The van der Waals surface area contributed by atoms with Crippen molar-refractivity contribution < 1.29 is 19.8 Å². The minimum atomic E-state index is -1.05. The summed E-state index contributed by atoms with van der Waals surface area (Å²) in [6.45, 7) is 6.16. The standard InChI is InChI=1S/C16H21N3O4S2/c1-7-11-10(8(2)20)14(21)19(11)12(15(22)23)13(7)25-9-5-18(6-9)16-17-3-4-24-16/h7-11,20H,3-6H2,1-2H3,(H,22,23)/t7?,8?,10-,11-/m1/s1. The van der Waals surface area contributed by atoms with E-state index in [0.717, 1.165) is 35.5 Å². The molecule has 2 fully saturated rings. The van der Waals surface area contributed by atoms with E-state index >= 15 is 0 Å². The van der Waals surface area contributed by atoms with Crippen molar-refractivity contribution in [3.63, 3.8) is 0 Å². The normalized spacial score (nSPS) is 33.2. The summed E-state index contributed by atoms with van der Waals surface area (Å²) < 4.78 is 0. The third-order valence-electron chi connectivity index (χ3n) is 5.29. The first kappa shape index (κ1) is 17.2. The number of β-lactam (4-membered cyclic amide) rings is 1. The summed E-state index contributed by atoms with van der Waals surface area (Å²) in [5, 5.41) is 20.9. The smallest absolute Gasteiger partial charge is 0.353 e. The molecule has 0 saturated carbocycles. The van der Waals surface area contributed by atoms with E-state index in [1.165, 1.54) is 4.90 Å². The molecule has 0 aromatic heterocycles. The number of fused-ring (bicyclic) bond motifs is 1. The van der Waals surface area contributed by atoms with Crippen LogP contribution in [0.4, 0.5) is 0 Å². The lowest BCUT2D eigenvalue weighted by molar-refractivity contribution is -0.163. The molecule has 0 radical (unpaired) electrons. The average molecular weight is 383 g/mol. The number of hydrogen-bond acceptors (Lipinski definition) is 7. The lowest BCUT2D eigenvalue weighted by atomic mass is 9.79. The first-order valence-electron chi connectivity index (χ1n) is 8.47. The maximum Gasteiger partial charge on any atom is 0.353 e. The maximum atomic E-state index is 12.3. The van der Waals surface area contributed by atoms with Gasteiger partial charge in [0.2, 0.25) is 5.91 Å². The highest BCUT2D eigenvalue weighted by atomic mass is 32.2. The van der Waals surface area contributed by atoms with Crippen LogP contribution < -0.4 is 0 Å². The summed E-state index contributed by atoms with van der Waals surface area (Å²) in [6, 6.07) is -0.230. The molecule has 2 unspecified atom stereocenters. The lowest BCUT2D eigenvalue weighted by Gasteiger charge is -2.46. The third kappa shape index (κ3) is 2.59. The summed E-state index contributed by atoms with van der Waals surface area (Å²) in [5.74, 6) is -0.841. The quantitative estimate of drug-likeness (QED) is 0.689. The Kier molecular flexibility index (Phi) is 4.28. The molecular weight excluding hydrogens is 362 g/mol. The second kappa shape index (κ2) is 6.21. The second-order valence-electron chi connectivity index (χ2n) is 6.93. The number of amides is 1. The van der Waals surface area contributed by atoms with Gasteiger partial charge >= 0.3 is 5.97 Å². The summed E-state index contributed by atoms with van der Waals surface area (Å²) >= 11 is 3.35. The molecule has 2 N–H and O–H groups in total. The number of carbonyl (C=O) groups excluding carboxylic acids is 1. The number of aliphatic hydroxyl groups is 1. The lowest BCUT2D eigenvalue weighted by Crippen LogP contribution is -2.63. The van der Waals surface area contributed by atoms with Crippen LogP contribution >= 0.6 is 23.5 Å². The highest BCUT2D eigenvalue weighted by molar-refractivity contribution is 8.14. The number of hydrogen-bond donors (Lipinski definition) is 2. The molecule has 4 aliphatic heterocycles. The molecule has 4 heterocycles. The zero-order chi connectivity index (χ0) is 17.9. The van der Waals surface area contributed by atoms with E-state index in [2.05, 4.69) is 9.89 Å². The fraction of sp³-hybridized carbons (Fsp3) is 0.688. The monoisotopic (exact) mass is 383 g/mol. The van der Waals surface area contributed by atoms with Gasteiger partial charge in [-0.15, -0.1) is 11.8 Å². The summed E-state index contributed by atoms with van der Waals surface area (Å²) in [4.78, 5) is 33.0. The van der Waals surface area contributed by atoms with Gasteiger partial charge in [0.25, 0.3) is 0 Å². The third-order valence-corrected chi connectivity index (χ3v) is 7.78. The van der Waals surface area contributed by atoms with Gasteiger partial charge in [0.1, 0.15) is 5.70 Å². The molecular formula is C16H21N3O4S2. The topological polar surface area (TPSA) is 93.4 Å². The van der Waals surface area contributed by atoms with Crippen molar-refractivity contribution in [1.29, 1.82) is 0 Å². The van der Waals surface area contributed by atoms with E-state index in [1.54, 1.807) is 30.4 Å². The van der Waals surface area contributed by atoms with Gasteiger partial charge in [-0.3, -0.25) is 9.79 Å². The highest BCUT2D eigenvalue weighted by Gasteiger charge is 2.60. The Morgan fingerprint density at radius 2 is 2.16 bits per heavy atom. The Balaban J connectivity index is 1.49. The Hall–Kier alpha value is -1.19. The molecule has 0 aromatic rings. The second-order valence-corrected chi connectivity index (χ2v) is 9.33. The number of carboxylic acids is 1. The van der Waals surface area contributed by atoms with Gasteiger partial charge < -0.3 is 20.0 Å². The number of aliphatic imine (C=N–C) groups is 1. The molecule has 9 heteroatoms. The van der Waals surface area contributed by atoms with Gasteiger partial charge in [0.05, 0.1) is 24.6 Å². The van der Waals surface area contributed by atoms with Crippen LogP contribution in [0.1, 0.15) is 13.8 Å². The van der Waals surface area contributed by atoms with Crippen molar-refractivity contribution in [3.05, 3.63) is 10.6 Å². The highest BCUT2D eigenvalue weighted by Crippen LogP contribution is 2.52. The van der Waals surface area contributed by atoms with Crippen molar-refractivity contribution in [1.82, 2.24) is 9.80 Å². The summed E-state index contributed by atoms with van der Waals surface area (Å²) in [6.07, 6.45) is -0.757. The van der Waals surface area contributed by atoms with Gasteiger partial charge in [-0.25, -0.2) is 4.79 Å². The van der Waals surface area contributed by atoms with E-state index in [4.69, 9.17) is 0 Å². The van der Waals surface area contributed by atoms with Crippen molar-refractivity contribution in [2.24, 2.45) is 16.8 Å². The Labute approximate surface area is 154 Å². The van der Waals surface area contributed by atoms with Crippen LogP contribution in [-0.2, 0) is 9.59 Å². The number of amidine groups is 1. The van der Waals surface area contributed by atoms with Crippen LogP contribution in [0, 0.1) is 11.8 Å². The van der Waals surface area contributed by atoms with Crippen molar-refractivity contribution in [2.75, 3.05) is 25.4 Å². The van der Waals surface area contributed by atoms with E-state index in [9.17, 15) is 19.8 Å². The largest absolute Gasteiger partial charge is 0.477 e. The SMILES string of the molecule is CC(O)[C@H]1C(=O)N2C(C(=O)O)=C(SC3CN(C4=NCCS4)C3)C(C)[C@H]12. The van der Waals surface area contributed by atoms with Crippen LogP contribution in [0.25, 0.3) is 0 Å². The molecule has 4 aliphatic rings. The number of carboxylic acid groups (broad SMARTS) is 1. The first-order chi connectivity index (χ1) is 11.9. The van der Waals surface area contributed by atoms with Crippen LogP contribution in [-0.4, -0.2) is 79.8 Å². The number of aliphatic hydroxyl groups excluding tert-OH is 1. The summed E-state index contributed by atoms with van der Waals surface area (Å²) in [7, 11) is 0. The average Bonchev–Trinajstić information content (AvgIpc) is 3.08. The van der Waals surface area contributed by atoms with Gasteiger partial charge in [0, 0.05) is 34.9 Å². The number of nitrogens with zero attached hydrogens (tertiary/aromatic N) is 3. The van der Waals surface area contributed by atoms with Crippen LogP contribution in [0.15, 0.2) is 15.6 Å². The van der Waals surface area contributed by atoms with Gasteiger partial charge in [-0.2, -0.15) is 0 Å². The minimum Gasteiger partial charge on any atom is -0.477 e. The Bertz CT molecular complexity index is 687. The molecule has 1 amide bonds. The molecule has 0 aliphatic carbocycles. The van der Waals surface area contributed by atoms with Gasteiger partial charge in [-0.05, 0) is 6.92 Å². The fourth-order valence-electron chi connectivity index (χ4n) is 4.04. The molecule has 0 bridgehead atoms. The van der Waals surface area contributed by atoms with Gasteiger partial charge in [-0.1, -0.05) is 18.7 Å². The van der Waals surface area contributed by atoms with Crippen LogP contribution in [0.3, 0.4) is 0 Å². The molecule has 4 rings (SSSR count). The number of likely N-dealkylation sites (tertiary alicyclic amines) is 1. The van der Waals surface area contributed by atoms with E-state index in [1.807, 2.05) is 6.92 Å². The Morgan fingerprint density at radius 3 is 2.72 bits per heavy atom. The van der Waals surface area contributed by atoms with E-state index in [-0.39, 0.29) is 23.6 Å². The zero-order valence-corrected chi connectivity index (χ0v) is 15.7. The number of thioether (sulfide) groups is 2.